The van der Waals surface area contributed by atoms with Crippen LogP contribution in [-0.2, 0) is 0 Å². The maximum atomic E-state index is 13.1. The molecule has 0 saturated carbocycles. The van der Waals surface area contributed by atoms with Gasteiger partial charge in [-0.25, -0.2) is 4.98 Å². The smallest absolute Gasteiger partial charge is 0.259 e. The summed E-state index contributed by atoms with van der Waals surface area (Å²) < 4.78 is 11.1. The molecular weight excluding hydrogens is 342 g/mol. The van der Waals surface area contributed by atoms with Gasteiger partial charge in [-0.2, -0.15) is 0 Å². The molecule has 0 atom stereocenters. The molecule has 0 aliphatic rings. The third-order valence-corrected chi connectivity index (χ3v) is 4.58. The number of para-hydroxylation sites is 1. The van der Waals surface area contributed by atoms with Gasteiger partial charge in [-0.05, 0) is 37.5 Å². The van der Waals surface area contributed by atoms with E-state index < -0.39 is 0 Å². The van der Waals surface area contributed by atoms with Gasteiger partial charge in [-0.15, -0.1) is 0 Å². The highest BCUT2D eigenvalue weighted by atomic mass is 16.5. The second kappa shape index (κ2) is 7.78. The summed E-state index contributed by atoms with van der Waals surface area (Å²) in [5.74, 6) is 0.923. The van der Waals surface area contributed by atoms with Gasteiger partial charge in [0.25, 0.3) is 11.6 Å². The molecule has 0 saturated heterocycles. The van der Waals surface area contributed by atoms with E-state index in [2.05, 4.69) is 10.1 Å². The molecule has 0 N–H and O–H groups in total. The van der Waals surface area contributed by atoms with Gasteiger partial charge in [-0.3, -0.25) is 4.79 Å². The summed E-state index contributed by atoms with van der Waals surface area (Å²) >= 11 is 0. The van der Waals surface area contributed by atoms with Crippen LogP contribution in [0.15, 0.2) is 34.9 Å². The van der Waals surface area contributed by atoms with Crippen LogP contribution in [0.1, 0.15) is 47.1 Å². The maximum absolute atomic E-state index is 13.1. The Hall–Kier alpha value is -2.89. The summed E-state index contributed by atoms with van der Waals surface area (Å²) in [6, 6.07) is 9.68. The topological polar surface area (TPSA) is 68.5 Å². The number of aromatic nitrogens is 2. The quantitative estimate of drug-likeness (QED) is 0.656. The third kappa shape index (κ3) is 3.94. The fraction of sp³-hybridized carbons (Fsp3) is 0.381. The molecule has 3 rings (SSSR count). The lowest BCUT2D eigenvalue weighted by Crippen LogP contribution is -2.31. The average molecular weight is 367 g/mol. The molecule has 1 amide bonds. The van der Waals surface area contributed by atoms with Crippen LogP contribution in [0, 0.1) is 13.8 Å². The summed E-state index contributed by atoms with van der Waals surface area (Å²) in [5.41, 5.74) is 3.53. The van der Waals surface area contributed by atoms with Crippen molar-refractivity contribution in [1.82, 2.24) is 15.0 Å². The largest absolute Gasteiger partial charge is 0.491 e. The molecule has 2 aromatic heterocycles. The molecule has 0 spiro atoms. The van der Waals surface area contributed by atoms with Crippen molar-refractivity contribution in [2.24, 2.45) is 0 Å². The van der Waals surface area contributed by atoms with E-state index in [9.17, 15) is 4.79 Å². The Morgan fingerprint density at radius 1 is 1.26 bits per heavy atom. The first-order valence-electron chi connectivity index (χ1n) is 9.09. The lowest BCUT2D eigenvalue weighted by atomic mass is 10.0. The number of benzene rings is 1. The lowest BCUT2D eigenvalue weighted by molar-refractivity contribution is 0.0775. The van der Waals surface area contributed by atoms with E-state index in [1.54, 1.807) is 11.9 Å². The summed E-state index contributed by atoms with van der Waals surface area (Å²) in [5, 5.41) is 4.65. The molecule has 0 radical (unpaired) electrons. The van der Waals surface area contributed by atoms with Crippen LogP contribution in [-0.4, -0.2) is 41.1 Å². The van der Waals surface area contributed by atoms with Gasteiger partial charge in [0, 0.05) is 12.7 Å². The fourth-order valence-corrected chi connectivity index (χ4v) is 2.90. The zero-order valence-corrected chi connectivity index (χ0v) is 16.4. The molecule has 0 unspecified atom stereocenters. The van der Waals surface area contributed by atoms with Crippen molar-refractivity contribution in [3.63, 3.8) is 0 Å². The van der Waals surface area contributed by atoms with E-state index in [1.807, 2.05) is 58.0 Å². The molecule has 2 heterocycles. The van der Waals surface area contributed by atoms with E-state index in [0.717, 1.165) is 17.0 Å². The van der Waals surface area contributed by atoms with Crippen LogP contribution in [0.2, 0.25) is 0 Å². The van der Waals surface area contributed by atoms with E-state index in [4.69, 9.17) is 9.26 Å². The van der Waals surface area contributed by atoms with Crippen LogP contribution in [0.3, 0.4) is 0 Å². The first-order chi connectivity index (χ1) is 12.9. The number of hydrogen-bond donors (Lipinski definition) is 0. The molecular formula is C21H25N3O3. The van der Waals surface area contributed by atoms with Crippen LogP contribution in [0.5, 0.6) is 5.75 Å². The van der Waals surface area contributed by atoms with Crippen LogP contribution in [0.25, 0.3) is 11.1 Å². The number of pyridine rings is 1. The Bertz CT molecular complexity index is 962. The van der Waals surface area contributed by atoms with Crippen molar-refractivity contribution < 1.29 is 14.1 Å². The summed E-state index contributed by atoms with van der Waals surface area (Å²) in [6.45, 7) is 8.77. The first-order valence-corrected chi connectivity index (χ1v) is 9.09. The number of ether oxygens (including phenoxy) is 1. The number of likely N-dealkylation sites (N-methyl/N-ethyl adjacent to an activating group) is 1. The van der Waals surface area contributed by atoms with Gasteiger partial charge in [0.2, 0.25) is 0 Å². The van der Waals surface area contributed by atoms with Gasteiger partial charge < -0.3 is 14.2 Å². The number of rotatable bonds is 6. The van der Waals surface area contributed by atoms with Gasteiger partial charge >= 0.3 is 0 Å². The van der Waals surface area contributed by atoms with Gasteiger partial charge in [0.1, 0.15) is 12.4 Å². The lowest BCUT2D eigenvalue weighted by Gasteiger charge is -2.19. The summed E-state index contributed by atoms with van der Waals surface area (Å²) in [4.78, 5) is 19.2. The molecule has 1 aromatic carbocycles. The predicted molar refractivity (Wildman–Crippen MR) is 104 cm³/mol. The highest BCUT2D eigenvalue weighted by molar-refractivity contribution is 6.05. The Labute approximate surface area is 159 Å². The Morgan fingerprint density at radius 2 is 2.00 bits per heavy atom. The van der Waals surface area contributed by atoms with E-state index in [-0.39, 0.29) is 11.8 Å². The highest BCUT2D eigenvalue weighted by Gasteiger charge is 2.22. The highest BCUT2D eigenvalue weighted by Crippen LogP contribution is 2.26. The van der Waals surface area contributed by atoms with Crippen molar-refractivity contribution in [3.8, 4) is 5.75 Å². The molecule has 6 nitrogen and oxygen atoms in total. The number of carbonyl (C=O) groups is 1. The molecule has 0 bridgehead atoms. The number of nitrogens with zero attached hydrogens (tertiary/aromatic N) is 3. The second-order valence-electron chi connectivity index (χ2n) is 7.04. The number of amides is 1. The maximum Gasteiger partial charge on any atom is 0.259 e. The Morgan fingerprint density at radius 3 is 2.70 bits per heavy atom. The summed E-state index contributed by atoms with van der Waals surface area (Å²) in [7, 11) is 1.77. The second-order valence-corrected chi connectivity index (χ2v) is 7.04. The fourth-order valence-electron chi connectivity index (χ4n) is 2.90. The van der Waals surface area contributed by atoms with Crippen molar-refractivity contribution in [2.45, 2.75) is 33.6 Å². The predicted octanol–water partition coefficient (Wildman–Crippen LogP) is 4.11. The molecule has 6 heteroatoms. The number of hydrogen-bond acceptors (Lipinski definition) is 5. The normalized spacial score (nSPS) is 11.2. The first kappa shape index (κ1) is 18.9. The number of aryl methyl sites for hydroxylation is 2. The van der Waals surface area contributed by atoms with Gasteiger partial charge in [0.05, 0.1) is 23.2 Å². The SMILES string of the molecule is Cc1ccccc1OCCN(C)C(=O)c1cc(C(C)C)nc2onc(C)c12. The molecule has 0 aliphatic heterocycles. The van der Waals surface area contributed by atoms with E-state index >= 15 is 0 Å². The minimum Gasteiger partial charge on any atom is -0.491 e. The van der Waals surface area contributed by atoms with Crippen molar-refractivity contribution in [2.75, 3.05) is 20.2 Å². The van der Waals surface area contributed by atoms with Gasteiger partial charge in [-0.1, -0.05) is 37.2 Å². The molecule has 0 aliphatic carbocycles. The number of carbonyl (C=O) groups excluding carboxylic acids is 1. The van der Waals surface area contributed by atoms with Crippen LogP contribution < -0.4 is 4.74 Å². The Balaban J connectivity index is 1.78. The molecule has 142 valence electrons. The zero-order valence-electron chi connectivity index (χ0n) is 16.4. The number of fused-ring (bicyclic) bond motifs is 1. The molecule has 0 fully saturated rings. The average Bonchev–Trinajstić information content (AvgIpc) is 3.03. The zero-order chi connectivity index (χ0) is 19.6. The summed E-state index contributed by atoms with van der Waals surface area (Å²) in [6.07, 6.45) is 0. The van der Waals surface area contributed by atoms with Crippen molar-refractivity contribution >= 4 is 17.0 Å². The minimum atomic E-state index is -0.0935. The molecule has 3 aromatic rings. The van der Waals surface area contributed by atoms with E-state index in [0.29, 0.717) is 35.5 Å². The van der Waals surface area contributed by atoms with Crippen molar-refractivity contribution in [3.05, 3.63) is 52.8 Å². The monoisotopic (exact) mass is 367 g/mol. The minimum absolute atomic E-state index is 0.0935. The Kier molecular flexibility index (Phi) is 5.44. The van der Waals surface area contributed by atoms with E-state index in [1.165, 1.54) is 0 Å². The standard InChI is InChI=1S/C21H25N3O3/c1-13(2)17-12-16(19-15(4)23-27-20(19)22-17)21(25)24(5)10-11-26-18-9-7-6-8-14(18)3/h6-9,12-13H,10-11H2,1-5H3. The van der Waals surface area contributed by atoms with Crippen LogP contribution >= 0.6 is 0 Å². The third-order valence-electron chi connectivity index (χ3n) is 4.58. The van der Waals surface area contributed by atoms with Crippen molar-refractivity contribution in [1.29, 1.82) is 0 Å². The van der Waals surface area contributed by atoms with Gasteiger partial charge in [0.15, 0.2) is 0 Å². The molecule has 27 heavy (non-hydrogen) atoms. The van der Waals surface area contributed by atoms with Crippen LogP contribution in [0.4, 0.5) is 0 Å².